The van der Waals surface area contributed by atoms with E-state index in [1.54, 1.807) is 12.1 Å². The zero-order valence-electron chi connectivity index (χ0n) is 42.1. The first kappa shape index (κ1) is 50.9. The lowest BCUT2D eigenvalue weighted by molar-refractivity contribution is -0.438. The zero-order chi connectivity index (χ0) is 47.0. The van der Waals surface area contributed by atoms with Crippen LogP contribution in [-0.4, -0.2) is 36.5 Å². The van der Waals surface area contributed by atoms with Gasteiger partial charge in [-0.05, 0) is 133 Å². The number of benzene rings is 5. The van der Waals surface area contributed by atoms with E-state index in [0.717, 1.165) is 51.0 Å². The molecule has 5 nitrogen and oxygen atoms in total. The molecule has 0 radical (unpaired) electrons. The number of carbonyl (C=O) groups is 1. The second-order valence-corrected chi connectivity index (χ2v) is 20.2. The van der Waals surface area contributed by atoms with Crippen LogP contribution in [-0.2, 0) is 15.6 Å². The van der Waals surface area contributed by atoms with Gasteiger partial charge in [-0.25, -0.2) is 4.79 Å². The third-order valence-electron chi connectivity index (χ3n) is 14.8. The van der Waals surface area contributed by atoms with Crippen LogP contribution in [0.3, 0.4) is 0 Å². The van der Waals surface area contributed by atoms with Crippen molar-refractivity contribution in [2.45, 2.75) is 149 Å². The molecule has 1 aliphatic carbocycles. The van der Waals surface area contributed by atoms with Gasteiger partial charge in [0.25, 0.3) is 0 Å². The summed E-state index contributed by atoms with van der Waals surface area (Å²) in [7, 11) is 1.42. The van der Waals surface area contributed by atoms with E-state index in [1.165, 1.54) is 138 Å². The average molecular weight is 1020 g/mol. The van der Waals surface area contributed by atoms with Crippen LogP contribution in [0.2, 0.25) is 0 Å². The van der Waals surface area contributed by atoms with Gasteiger partial charge in [-0.2, -0.15) is 4.58 Å². The first-order chi connectivity index (χ1) is 32.6. The summed E-state index contributed by atoms with van der Waals surface area (Å²) in [6, 6.07) is 34.5. The first-order valence-corrected chi connectivity index (χ1v) is 25.7. The number of methoxy groups -OCH3 is 1. The molecule has 0 unspecified atom stereocenters. The summed E-state index contributed by atoms with van der Waals surface area (Å²) < 4.78 is 14.7. The lowest BCUT2D eigenvalue weighted by atomic mass is 9.78. The van der Waals surface area contributed by atoms with Gasteiger partial charge in [0.1, 0.15) is 18.1 Å². The van der Waals surface area contributed by atoms with Crippen molar-refractivity contribution in [1.82, 2.24) is 0 Å². The normalized spacial score (nSPS) is 17.4. The van der Waals surface area contributed by atoms with Gasteiger partial charge in [0.05, 0.1) is 18.1 Å². The first-order valence-electron chi connectivity index (χ1n) is 25.7. The maximum absolute atomic E-state index is 12.4. The number of carbonyl (C=O) groups excluding carboxylic acids is 1. The fourth-order valence-electron chi connectivity index (χ4n) is 11.3. The predicted octanol–water partition coefficient (Wildman–Crippen LogP) is 13.6. The molecule has 0 bridgehead atoms. The molecule has 0 saturated carbocycles. The number of halogens is 1. The van der Waals surface area contributed by atoms with Gasteiger partial charge in [-0.15, -0.1) is 0 Å². The number of fused-ring (bicyclic) bond motifs is 6. The molecule has 358 valence electrons. The van der Waals surface area contributed by atoms with E-state index in [9.17, 15) is 4.79 Å². The fraction of sp³-hybridized carbons (Fsp3) is 0.419. The highest BCUT2D eigenvalue weighted by atomic mass is 127. The second-order valence-electron chi connectivity index (χ2n) is 20.2. The molecule has 2 heterocycles. The predicted molar refractivity (Wildman–Crippen MR) is 282 cm³/mol. The average Bonchev–Trinajstić information content (AvgIpc) is 3.70. The minimum absolute atomic E-state index is 0. The number of hydrogen-bond donors (Lipinski definition) is 0. The van der Waals surface area contributed by atoms with Crippen molar-refractivity contribution in [3.05, 3.63) is 161 Å². The molecule has 0 saturated heterocycles. The Labute approximate surface area is 425 Å². The maximum atomic E-state index is 12.4. The Morgan fingerprint density at radius 1 is 0.662 bits per heavy atom. The zero-order valence-corrected chi connectivity index (χ0v) is 44.2. The molecule has 5 aromatic carbocycles. The van der Waals surface area contributed by atoms with E-state index in [1.807, 2.05) is 12.1 Å². The molecular weight excluding hydrogens is 948 g/mol. The summed E-state index contributed by atoms with van der Waals surface area (Å²) in [6.07, 6.45) is 27.6. The quantitative estimate of drug-likeness (QED) is 0.0337. The van der Waals surface area contributed by atoms with Crippen LogP contribution in [0.1, 0.15) is 159 Å². The highest BCUT2D eigenvalue weighted by Crippen LogP contribution is 2.51. The van der Waals surface area contributed by atoms with Crippen molar-refractivity contribution >= 4 is 44.6 Å². The molecule has 5 aromatic rings. The molecule has 3 aliphatic rings. The van der Waals surface area contributed by atoms with Gasteiger partial charge in [0, 0.05) is 47.5 Å². The smallest absolute Gasteiger partial charge is 0.337 e. The van der Waals surface area contributed by atoms with Crippen molar-refractivity contribution in [2.75, 3.05) is 25.1 Å². The fourth-order valence-corrected chi connectivity index (χ4v) is 11.3. The summed E-state index contributed by atoms with van der Waals surface area (Å²) in [5.74, 6) is 1.26. The maximum Gasteiger partial charge on any atom is 0.337 e. The summed E-state index contributed by atoms with van der Waals surface area (Å²) in [5.41, 5.74) is 10.7. The molecule has 0 fully saturated rings. The lowest BCUT2D eigenvalue weighted by Gasteiger charge is -2.28. The molecule has 0 spiro atoms. The third-order valence-corrected chi connectivity index (χ3v) is 14.8. The molecular formula is C62H75IN2O3. The van der Waals surface area contributed by atoms with Gasteiger partial charge in [0.2, 0.25) is 5.69 Å². The summed E-state index contributed by atoms with van der Waals surface area (Å²) >= 11 is 0. The van der Waals surface area contributed by atoms with Crippen molar-refractivity contribution in [3.8, 4) is 5.75 Å². The number of nitrogens with zero attached hydrogens (tertiary/aromatic N) is 2. The number of hydrogen-bond acceptors (Lipinski definition) is 4. The van der Waals surface area contributed by atoms with Crippen LogP contribution in [0.4, 0.5) is 11.4 Å². The van der Waals surface area contributed by atoms with Crippen molar-refractivity contribution < 1.29 is 42.8 Å². The van der Waals surface area contributed by atoms with Crippen molar-refractivity contribution in [1.29, 1.82) is 0 Å². The second kappa shape index (κ2) is 23.1. The Bertz CT molecular complexity index is 2730. The summed E-state index contributed by atoms with van der Waals surface area (Å²) in [4.78, 5) is 15.1. The Kier molecular flexibility index (Phi) is 17.3. The molecule has 6 heteroatoms. The largest absolute Gasteiger partial charge is 1.00 e. The Hall–Kier alpha value is -4.95. The number of unbranched alkanes of at least 4 members (excludes halogenated alkanes) is 10. The van der Waals surface area contributed by atoms with Crippen LogP contribution < -0.4 is 33.6 Å². The van der Waals surface area contributed by atoms with Crippen LogP contribution in [0, 0.1) is 0 Å². The lowest BCUT2D eigenvalue weighted by Crippen LogP contribution is -3.00. The molecule has 0 N–H and O–H groups in total. The molecule has 68 heavy (non-hydrogen) atoms. The minimum atomic E-state index is -0.353. The highest BCUT2D eigenvalue weighted by molar-refractivity contribution is 6.08. The number of rotatable bonds is 20. The SMILES string of the molecule is CCCCCCCCN1/C(=C/C=C2\CCCC(/C=C/C3=[N+](CCCCCCCC)c4ccc5ccccc5c4C3(C)C)=C2Oc2ccc(C(=O)OC)cc2)C(C)(C)c2c1ccc1ccccc21.[I-]. The number of allylic oxidation sites excluding steroid dienone is 7. The van der Waals surface area contributed by atoms with Gasteiger partial charge < -0.3 is 38.4 Å². The van der Waals surface area contributed by atoms with Crippen LogP contribution in [0.25, 0.3) is 21.5 Å². The topological polar surface area (TPSA) is 41.8 Å². The molecule has 2 aliphatic heterocycles. The highest BCUT2D eigenvalue weighted by Gasteiger charge is 2.45. The van der Waals surface area contributed by atoms with E-state index >= 15 is 0 Å². The van der Waals surface area contributed by atoms with Crippen LogP contribution in [0.5, 0.6) is 5.75 Å². The number of anilines is 1. The van der Waals surface area contributed by atoms with E-state index in [-0.39, 0.29) is 40.8 Å². The Morgan fingerprint density at radius 3 is 1.96 bits per heavy atom. The van der Waals surface area contributed by atoms with E-state index in [4.69, 9.17) is 9.47 Å². The molecule has 0 amide bonds. The summed E-state index contributed by atoms with van der Waals surface area (Å²) in [6.45, 7) is 16.2. The van der Waals surface area contributed by atoms with Crippen LogP contribution >= 0.6 is 0 Å². The van der Waals surface area contributed by atoms with Crippen molar-refractivity contribution in [2.24, 2.45) is 0 Å². The van der Waals surface area contributed by atoms with Crippen LogP contribution in [0.15, 0.2) is 144 Å². The standard InChI is InChI=1S/C62H75N2O3.HI/c1-8-10-12-14-16-22-43-63-53-39-33-45-25-18-20-29-51(45)57(53)61(3,4)55(63)41-35-47-27-24-28-48(59(47)67-50-37-31-49(32-38-50)60(65)66-7)36-42-56-62(5,6)58-52-30-21-19-26-46(52)34-40-54(58)64(56)44-23-17-15-13-11-9-2;/h18-21,25-26,29-42H,8-17,22-24,27-28,43-44H2,1-7H3;1H/q+1;/p-1. The Balaban J connectivity index is 0.00000684. The third kappa shape index (κ3) is 10.8. The summed E-state index contributed by atoms with van der Waals surface area (Å²) in [5, 5.41) is 5.26. The van der Waals surface area contributed by atoms with Gasteiger partial charge in [-0.1, -0.05) is 146 Å². The number of ether oxygens (including phenoxy) is 2. The molecule has 0 aromatic heterocycles. The van der Waals surface area contributed by atoms with E-state index in [2.05, 4.69) is 148 Å². The minimum Gasteiger partial charge on any atom is -1.00 e. The van der Waals surface area contributed by atoms with Crippen molar-refractivity contribution in [3.63, 3.8) is 0 Å². The Morgan fingerprint density at radius 2 is 1.28 bits per heavy atom. The molecule has 8 rings (SSSR count). The monoisotopic (exact) mass is 1020 g/mol. The van der Waals surface area contributed by atoms with E-state index in [0.29, 0.717) is 11.3 Å². The molecule has 0 atom stereocenters. The van der Waals surface area contributed by atoms with Gasteiger partial charge in [-0.3, -0.25) is 0 Å². The van der Waals surface area contributed by atoms with Gasteiger partial charge in [0.15, 0.2) is 5.71 Å². The number of esters is 1. The van der Waals surface area contributed by atoms with E-state index < -0.39 is 0 Å². The van der Waals surface area contributed by atoms with Gasteiger partial charge >= 0.3 is 5.97 Å².